The van der Waals surface area contributed by atoms with E-state index in [2.05, 4.69) is 5.10 Å². The zero-order valence-corrected chi connectivity index (χ0v) is 12.8. The highest BCUT2D eigenvalue weighted by atomic mass is 16.6. The molecule has 1 N–H and O–H groups in total. The van der Waals surface area contributed by atoms with Crippen molar-refractivity contribution < 1.29 is 14.8 Å². The van der Waals surface area contributed by atoms with Crippen molar-refractivity contribution in [3.63, 3.8) is 0 Å². The van der Waals surface area contributed by atoms with Crippen molar-refractivity contribution in [2.75, 3.05) is 0 Å². The minimum absolute atomic E-state index is 0.0109. The molecule has 2 rings (SSSR count). The normalized spacial score (nSPS) is 11.5. The van der Waals surface area contributed by atoms with Crippen molar-refractivity contribution in [2.24, 2.45) is 0 Å². The number of aromatic nitrogens is 2. The van der Waals surface area contributed by atoms with E-state index in [1.807, 2.05) is 20.8 Å². The van der Waals surface area contributed by atoms with Gasteiger partial charge in [0.15, 0.2) is 5.69 Å². The lowest BCUT2D eigenvalue weighted by Crippen LogP contribution is -2.18. The fourth-order valence-electron chi connectivity index (χ4n) is 2.48. The van der Waals surface area contributed by atoms with Gasteiger partial charge in [-0.25, -0.2) is 9.48 Å². The van der Waals surface area contributed by atoms with Crippen molar-refractivity contribution >= 4 is 11.7 Å². The SMILES string of the molecule is Cc1c(C(=O)O)nn(-c2ccc([N+](=O)[O-])cc2)c1C(C)(C)C. The minimum Gasteiger partial charge on any atom is -0.476 e. The van der Waals surface area contributed by atoms with Crippen LogP contribution >= 0.6 is 0 Å². The molecule has 0 aliphatic heterocycles. The molecule has 0 fully saturated rings. The molecule has 0 aliphatic carbocycles. The summed E-state index contributed by atoms with van der Waals surface area (Å²) in [6.07, 6.45) is 0. The van der Waals surface area contributed by atoms with Crippen LogP contribution < -0.4 is 0 Å². The molecule has 0 radical (unpaired) electrons. The van der Waals surface area contributed by atoms with Crippen molar-refractivity contribution in [3.05, 3.63) is 51.3 Å². The molecule has 0 atom stereocenters. The molecule has 22 heavy (non-hydrogen) atoms. The number of nitro groups is 1. The topological polar surface area (TPSA) is 98.3 Å². The van der Waals surface area contributed by atoms with E-state index in [9.17, 15) is 20.0 Å². The summed E-state index contributed by atoms with van der Waals surface area (Å²) in [5.74, 6) is -1.09. The molecule has 7 nitrogen and oxygen atoms in total. The first kappa shape index (κ1) is 15.7. The highest BCUT2D eigenvalue weighted by Gasteiger charge is 2.28. The minimum atomic E-state index is -1.09. The Morgan fingerprint density at radius 3 is 2.23 bits per heavy atom. The maximum absolute atomic E-state index is 11.3. The van der Waals surface area contributed by atoms with Gasteiger partial charge in [-0.2, -0.15) is 5.10 Å². The van der Waals surface area contributed by atoms with Crippen molar-refractivity contribution in [1.82, 2.24) is 9.78 Å². The second kappa shape index (κ2) is 5.25. The van der Waals surface area contributed by atoms with Gasteiger partial charge in [0.05, 0.1) is 16.3 Å². The number of benzene rings is 1. The molecule has 1 aromatic heterocycles. The van der Waals surface area contributed by atoms with Crippen molar-refractivity contribution in [2.45, 2.75) is 33.1 Å². The maximum atomic E-state index is 11.3. The maximum Gasteiger partial charge on any atom is 0.356 e. The van der Waals surface area contributed by atoms with Crippen LogP contribution in [0.25, 0.3) is 5.69 Å². The lowest BCUT2D eigenvalue weighted by Gasteiger charge is -2.21. The third kappa shape index (κ3) is 2.69. The fraction of sp³-hybridized carbons (Fsp3) is 0.333. The quantitative estimate of drug-likeness (QED) is 0.694. The van der Waals surface area contributed by atoms with Crippen LogP contribution in [0.5, 0.6) is 0 Å². The monoisotopic (exact) mass is 303 g/mol. The molecular formula is C15H17N3O4. The van der Waals surface area contributed by atoms with Crippen LogP contribution in [0.1, 0.15) is 42.5 Å². The van der Waals surface area contributed by atoms with Crippen molar-refractivity contribution in [1.29, 1.82) is 0 Å². The number of hydrogen-bond acceptors (Lipinski definition) is 4. The first-order valence-corrected chi connectivity index (χ1v) is 6.71. The molecule has 0 unspecified atom stereocenters. The van der Waals surface area contributed by atoms with Crippen LogP contribution in [-0.2, 0) is 5.41 Å². The molecule has 1 aromatic carbocycles. The van der Waals surface area contributed by atoms with Crippen LogP contribution in [-0.4, -0.2) is 25.8 Å². The molecule has 0 aliphatic rings. The number of non-ortho nitro benzene ring substituents is 1. The van der Waals surface area contributed by atoms with Gasteiger partial charge in [0, 0.05) is 23.1 Å². The lowest BCUT2D eigenvalue weighted by atomic mass is 9.88. The Balaban J connectivity index is 2.66. The lowest BCUT2D eigenvalue weighted by molar-refractivity contribution is -0.384. The number of nitro benzene ring substituents is 1. The van der Waals surface area contributed by atoms with Crippen LogP contribution in [0.15, 0.2) is 24.3 Å². The summed E-state index contributed by atoms with van der Waals surface area (Å²) < 4.78 is 1.54. The molecule has 0 saturated carbocycles. The number of nitrogens with zero attached hydrogens (tertiary/aromatic N) is 3. The largest absolute Gasteiger partial charge is 0.476 e. The van der Waals surface area contributed by atoms with E-state index < -0.39 is 10.9 Å². The van der Waals surface area contributed by atoms with Crippen LogP contribution in [0, 0.1) is 17.0 Å². The molecule has 2 aromatic rings. The molecule has 7 heteroatoms. The standard InChI is InChI=1S/C15H17N3O4/c1-9-12(14(19)20)16-17(13(9)15(2,3)4)10-5-7-11(8-6-10)18(21)22/h5-8H,1-4H3,(H,19,20). The third-order valence-electron chi connectivity index (χ3n) is 3.34. The fourth-order valence-corrected chi connectivity index (χ4v) is 2.48. The zero-order valence-electron chi connectivity index (χ0n) is 12.8. The summed E-state index contributed by atoms with van der Waals surface area (Å²) in [6, 6.07) is 5.87. The van der Waals surface area contributed by atoms with E-state index in [4.69, 9.17) is 0 Å². The Morgan fingerprint density at radius 1 is 1.27 bits per heavy atom. The van der Waals surface area contributed by atoms with E-state index >= 15 is 0 Å². The third-order valence-corrected chi connectivity index (χ3v) is 3.34. The highest BCUT2D eigenvalue weighted by molar-refractivity contribution is 5.87. The molecule has 0 amide bonds. The second-order valence-corrected chi connectivity index (χ2v) is 6.06. The number of aromatic carboxylic acids is 1. The number of rotatable bonds is 3. The van der Waals surface area contributed by atoms with E-state index in [0.717, 1.165) is 5.69 Å². The molecular weight excluding hydrogens is 286 g/mol. The molecule has 116 valence electrons. The van der Waals surface area contributed by atoms with Gasteiger partial charge >= 0.3 is 5.97 Å². The Kier molecular flexibility index (Phi) is 3.74. The summed E-state index contributed by atoms with van der Waals surface area (Å²) in [5.41, 5.74) is 1.59. The summed E-state index contributed by atoms with van der Waals surface area (Å²) >= 11 is 0. The predicted octanol–water partition coefficient (Wildman–Crippen LogP) is 3.08. The number of carboxylic acid groups (broad SMARTS) is 1. The summed E-state index contributed by atoms with van der Waals surface area (Å²) in [5, 5.41) is 24.2. The van der Waals surface area contributed by atoms with Gasteiger partial charge in [-0.05, 0) is 19.1 Å². The van der Waals surface area contributed by atoms with E-state index in [1.165, 1.54) is 12.1 Å². The molecule has 0 bridgehead atoms. The summed E-state index contributed by atoms with van der Waals surface area (Å²) in [6.45, 7) is 7.61. The van der Waals surface area contributed by atoms with E-state index in [0.29, 0.717) is 11.3 Å². The first-order chi connectivity index (χ1) is 10.1. The molecule has 0 saturated heterocycles. The summed E-state index contributed by atoms with van der Waals surface area (Å²) in [4.78, 5) is 21.6. The van der Waals surface area contributed by atoms with E-state index in [-0.39, 0.29) is 16.8 Å². The van der Waals surface area contributed by atoms with E-state index in [1.54, 1.807) is 23.7 Å². The van der Waals surface area contributed by atoms with Gasteiger partial charge in [-0.15, -0.1) is 0 Å². The van der Waals surface area contributed by atoms with Gasteiger partial charge in [-0.3, -0.25) is 10.1 Å². The Labute approximate surface area is 127 Å². The predicted molar refractivity (Wildman–Crippen MR) is 80.6 cm³/mol. The van der Waals surface area contributed by atoms with Gasteiger partial charge in [0.25, 0.3) is 5.69 Å². The smallest absolute Gasteiger partial charge is 0.356 e. The highest BCUT2D eigenvalue weighted by Crippen LogP contribution is 2.30. The Bertz CT molecular complexity index is 739. The summed E-state index contributed by atoms with van der Waals surface area (Å²) in [7, 11) is 0. The first-order valence-electron chi connectivity index (χ1n) is 6.71. The molecule has 0 spiro atoms. The van der Waals surface area contributed by atoms with Gasteiger partial charge < -0.3 is 5.11 Å². The zero-order chi connectivity index (χ0) is 16.7. The number of carbonyl (C=O) groups is 1. The van der Waals surface area contributed by atoms with Crippen LogP contribution in [0.2, 0.25) is 0 Å². The van der Waals surface area contributed by atoms with Crippen LogP contribution in [0.3, 0.4) is 0 Å². The average Bonchev–Trinajstić information content (AvgIpc) is 2.76. The molecule has 1 heterocycles. The van der Waals surface area contributed by atoms with Gasteiger partial charge in [0.1, 0.15) is 0 Å². The number of carboxylic acids is 1. The van der Waals surface area contributed by atoms with Gasteiger partial charge in [-0.1, -0.05) is 20.8 Å². The average molecular weight is 303 g/mol. The van der Waals surface area contributed by atoms with Gasteiger partial charge in [0.2, 0.25) is 0 Å². The van der Waals surface area contributed by atoms with Crippen LogP contribution in [0.4, 0.5) is 5.69 Å². The second-order valence-electron chi connectivity index (χ2n) is 6.06. The number of hydrogen-bond donors (Lipinski definition) is 1. The Morgan fingerprint density at radius 2 is 1.82 bits per heavy atom. The van der Waals surface area contributed by atoms with Crippen molar-refractivity contribution in [3.8, 4) is 5.69 Å². The Hall–Kier alpha value is -2.70.